The van der Waals surface area contributed by atoms with Crippen molar-refractivity contribution in [1.29, 1.82) is 0 Å². The third-order valence-corrected chi connectivity index (χ3v) is 3.10. The van der Waals surface area contributed by atoms with E-state index in [1.54, 1.807) is 25.7 Å². The highest BCUT2D eigenvalue weighted by molar-refractivity contribution is 5.71. The van der Waals surface area contributed by atoms with Gasteiger partial charge in [-0.3, -0.25) is 4.90 Å². The zero-order valence-electron chi connectivity index (χ0n) is 11.9. The minimum absolute atomic E-state index is 0.302. The van der Waals surface area contributed by atoms with Gasteiger partial charge in [0, 0.05) is 6.54 Å². The van der Waals surface area contributed by atoms with Crippen LogP contribution in [0.2, 0.25) is 0 Å². The maximum atomic E-state index is 12.2. The molecule has 1 saturated heterocycles. The standard InChI is InChI=1S/C13H19N3O4/c1-13(2,3)20-12(19)15-6-4-5-9(15)10-7-14-8-16(10)11(17)18/h7-9H,4-6H2,1-3H3,(H,17,18). The van der Waals surface area contributed by atoms with Crippen LogP contribution in [0.15, 0.2) is 12.5 Å². The van der Waals surface area contributed by atoms with Gasteiger partial charge in [-0.1, -0.05) is 0 Å². The number of hydrogen-bond donors (Lipinski definition) is 1. The third-order valence-electron chi connectivity index (χ3n) is 3.10. The number of amides is 1. The van der Waals surface area contributed by atoms with E-state index >= 15 is 0 Å². The van der Waals surface area contributed by atoms with Crippen LogP contribution in [0.1, 0.15) is 45.3 Å². The van der Waals surface area contributed by atoms with E-state index in [-0.39, 0.29) is 6.04 Å². The Hall–Kier alpha value is -2.05. The number of imidazole rings is 1. The number of rotatable bonds is 1. The van der Waals surface area contributed by atoms with Crippen LogP contribution >= 0.6 is 0 Å². The van der Waals surface area contributed by atoms with Gasteiger partial charge in [0.15, 0.2) is 0 Å². The van der Waals surface area contributed by atoms with E-state index in [9.17, 15) is 9.59 Å². The molecule has 1 aromatic heterocycles. The summed E-state index contributed by atoms with van der Waals surface area (Å²) in [4.78, 5) is 28.7. The molecule has 20 heavy (non-hydrogen) atoms. The molecule has 0 aliphatic carbocycles. The van der Waals surface area contributed by atoms with Crippen LogP contribution in [0.25, 0.3) is 0 Å². The molecule has 2 rings (SSSR count). The van der Waals surface area contributed by atoms with Crippen molar-refractivity contribution in [3.63, 3.8) is 0 Å². The van der Waals surface area contributed by atoms with Crippen molar-refractivity contribution in [3.05, 3.63) is 18.2 Å². The van der Waals surface area contributed by atoms with Crippen molar-refractivity contribution in [2.45, 2.75) is 45.3 Å². The van der Waals surface area contributed by atoms with Crippen LogP contribution in [0.4, 0.5) is 9.59 Å². The summed E-state index contributed by atoms with van der Waals surface area (Å²) in [7, 11) is 0. The Morgan fingerprint density at radius 2 is 2.15 bits per heavy atom. The highest BCUT2D eigenvalue weighted by atomic mass is 16.6. The molecule has 1 unspecified atom stereocenters. The summed E-state index contributed by atoms with van der Waals surface area (Å²) >= 11 is 0. The first-order valence-electron chi connectivity index (χ1n) is 6.55. The number of nitrogens with zero attached hydrogens (tertiary/aromatic N) is 3. The molecule has 7 heteroatoms. The minimum Gasteiger partial charge on any atom is -0.464 e. The predicted octanol–water partition coefficient (Wildman–Crippen LogP) is 2.48. The molecule has 0 spiro atoms. The Kier molecular flexibility index (Phi) is 3.69. The monoisotopic (exact) mass is 281 g/mol. The molecule has 7 nitrogen and oxygen atoms in total. The Balaban J connectivity index is 2.21. The Bertz CT molecular complexity index is 518. The summed E-state index contributed by atoms with van der Waals surface area (Å²) < 4.78 is 6.41. The number of hydrogen-bond acceptors (Lipinski definition) is 4. The number of aromatic nitrogens is 2. The summed E-state index contributed by atoms with van der Waals surface area (Å²) in [5, 5.41) is 9.11. The third kappa shape index (κ3) is 2.92. The summed E-state index contributed by atoms with van der Waals surface area (Å²) in [6.45, 7) is 5.97. The normalized spacial score (nSPS) is 19.1. The van der Waals surface area contributed by atoms with Gasteiger partial charge in [-0.05, 0) is 33.6 Å². The molecular formula is C13H19N3O4. The average Bonchev–Trinajstić information content (AvgIpc) is 2.95. The van der Waals surface area contributed by atoms with E-state index in [0.29, 0.717) is 18.7 Å². The predicted molar refractivity (Wildman–Crippen MR) is 70.6 cm³/mol. The second-order valence-electron chi connectivity index (χ2n) is 5.80. The second-order valence-corrected chi connectivity index (χ2v) is 5.80. The first kappa shape index (κ1) is 14.4. The first-order chi connectivity index (χ1) is 9.29. The zero-order valence-corrected chi connectivity index (χ0v) is 11.9. The van der Waals surface area contributed by atoms with Crippen molar-refractivity contribution >= 4 is 12.2 Å². The lowest BCUT2D eigenvalue weighted by molar-refractivity contribution is 0.0219. The first-order valence-corrected chi connectivity index (χ1v) is 6.55. The fourth-order valence-corrected chi connectivity index (χ4v) is 2.32. The molecule has 1 fully saturated rings. The van der Waals surface area contributed by atoms with Gasteiger partial charge in [0.2, 0.25) is 0 Å². The Morgan fingerprint density at radius 3 is 2.75 bits per heavy atom. The van der Waals surface area contributed by atoms with Crippen LogP contribution < -0.4 is 0 Å². The van der Waals surface area contributed by atoms with Crippen LogP contribution in [-0.2, 0) is 4.74 Å². The highest BCUT2D eigenvalue weighted by Gasteiger charge is 2.35. The van der Waals surface area contributed by atoms with Crippen LogP contribution in [0.5, 0.6) is 0 Å². The van der Waals surface area contributed by atoms with E-state index in [4.69, 9.17) is 9.84 Å². The van der Waals surface area contributed by atoms with E-state index in [0.717, 1.165) is 11.0 Å². The summed E-state index contributed by atoms with van der Waals surface area (Å²) in [5.41, 5.74) is -0.0714. The molecule has 0 radical (unpaired) electrons. The molecule has 1 aromatic rings. The molecule has 110 valence electrons. The lowest BCUT2D eigenvalue weighted by Gasteiger charge is -2.28. The molecule has 0 bridgehead atoms. The topological polar surface area (TPSA) is 84.7 Å². The molecule has 0 saturated carbocycles. The van der Waals surface area contributed by atoms with E-state index in [1.807, 2.05) is 0 Å². The SMILES string of the molecule is CC(C)(C)OC(=O)N1CCCC1c1cncn1C(=O)O. The summed E-state index contributed by atoms with van der Waals surface area (Å²) in [6.07, 6.45) is 2.73. The van der Waals surface area contributed by atoms with Crippen LogP contribution in [0, 0.1) is 0 Å². The lowest BCUT2D eigenvalue weighted by atomic mass is 10.1. The molecule has 1 atom stereocenters. The molecule has 1 aliphatic rings. The van der Waals surface area contributed by atoms with Crippen molar-refractivity contribution in [3.8, 4) is 0 Å². The van der Waals surface area contributed by atoms with Crippen molar-refractivity contribution in [2.24, 2.45) is 0 Å². The van der Waals surface area contributed by atoms with Gasteiger partial charge in [0.05, 0.1) is 17.9 Å². The molecule has 2 heterocycles. The van der Waals surface area contributed by atoms with Crippen molar-refractivity contribution in [1.82, 2.24) is 14.5 Å². The van der Waals surface area contributed by atoms with Gasteiger partial charge >= 0.3 is 12.2 Å². The second kappa shape index (κ2) is 5.15. The maximum absolute atomic E-state index is 12.2. The molecule has 1 amide bonds. The quantitative estimate of drug-likeness (QED) is 0.854. The fourth-order valence-electron chi connectivity index (χ4n) is 2.32. The zero-order chi connectivity index (χ0) is 14.9. The molecule has 1 N–H and O–H groups in total. The van der Waals surface area contributed by atoms with E-state index in [1.165, 1.54) is 12.5 Å². The Morgan fingerprint density at radius 1 is 1.45 bits per heavy atom. The maximum Gasteiger partial charge on any atom is 0.417 e. The van der Waals surface area contributed by atoms with E-state index in [2.05, 4.69) is 4.98 Å². The van der Waals surface area contributed by atoms with Gasteiger partial charge in [0.1, 0.15) is 11.9 Å². The van der Waals surface area contributed by atoms with Gasteiger partial charge in [-0.25, -0.2) is 19.1 Å². The molecule has 1 aliphatic heterocycles. The lowest BCUT2D eigenvalue weighted by Crippen LogP contribution is -2.37. The van der Waals surface area contributed by atoms with Crippen LogP contribution in [0.3, 0.4) is 0 Å². The summed E-state index contributed by atoms with van der Waals surface area (Å²) in [6, 6.07) is -0.302. The van der Waals surface area contributed by atoms with E-state index < -0.39 is 17.8 Å². The fraction of sp³-hybridized carbons (Fsp3) is 0.615. The largest absolute Gasteiger partial charge is 0.464 e. The number of ether oxygens (including phenoxy) is 1. The molecule has 0 aromatic carbocycles. The summed E-state index contributed by atoms with van der Waals surface area (Å²) in [5.74, 6) is 0. The van der Waals surface area contributed by atoms with Crippen molar-refractivity contribution in [2.75, 3.05) is 6.54 Å². The van der Waals surface area contributed by atoms with Crippen molar-refractivity contribution < 1.29 is 19.4 Å². The number of carbonyl (C=O) groups excluding carboxylic acids is 1. The average molecular weight is 281 g/mol. The Labute approximate surface area is 117 Å². The smallest absolute Gasteiger partial charge is 0.417 e. The van der Waals surface area contributed by atoms with Gasteiger partial charge in [-0.2, -0.15) is 0 Å². The highest BCUT2D eigenvalue weighted by Crippen LogP contribution is 2.32. The number of carbonyl (C=O) groups is 2. The van der Waals surface area contributed by atoms with Gasteiger partial charge in [0.25, 0.3) is 0 Å². The molecular weight excluding hydrogens is 262 g/mol. The minimum atomic E-state index is -1.10. The van der Waals surface area contributed by atoms with Gasteiger partial charge in [-0.15, -0.1) is 0 Å². The number of carboxylic acid groups (broad SMARTS) is 1. The van der Waals surface area contributed by atoms with Crippen LogP contribution in [-0.4, -0.2) is 43.9 Å². The number of likely N-dealkylation sites (tertiary alicyclic amines) is 1. The van der Waals surface area contributed by atoms with Gasteiger partial charge < -0.3 is 9.84 Å².